The van der Waals surface area contributed by atoms with E-state index < -0.39 is 0 Å². The van der Waals surface area contributed by atoms with Crippen LogP contribution in [0.15, 0.2) is 77.4 Å². The van der Waals surface area contributed by atoms with E-state index in [9.17, 15) is 0 Å². The van der Waals surface area contributed by atoms with E-state index in [4.69, 9.17) is 16.0 Å². The molecule has 4 aromatic rings. The molecule has 130 valence electrons. The Morgan fingerprint density at radius 3 is 2.65 bits per heavy atom. The van der Waals surface area contributed by atoms with Crippen LogP contribution < -0.4 is 5.32 Å². The SMILES string of the molecule is CC(NCc1coc(-c2ccccc2Cl)n1)c1cccc2ccccc12. The molecule has 1 aromatic heterocycles. The summed E-state index contributed by atoms with van der Waals surface area (Å²) < 4.78 is 5.60. The van der Waals surface area contributed by atoms with Gasteiger partial charge in [-0.2, -0.15) is 0 Å². The Kier molecular flexibility index (Phi) is 4.74. The Hall–Kier alpha value is -2.62. The van der Waals surface area contributed by atoms with Crippen molar-refractivity contribution < 1.29 is 4.42 Å². The predicted molar refractivity (Wildman–Crippen MR) is 106 cm³/mol. The summed E-state index contributed by atoms with van der Waals surface area (Å²) >= 11 is 6.22. The number of benzene rings is 3. The third-order valence-corrected chi connectivity index (χ3v) is 4.86. The highest BCUT2D eigenvalue weighted by molar-refractivity contribution is 6.33. The van der Waals surface area contributed by atoms with Crippen LogP contribution in [0.3, 0.4) is 0 Å². The number of nitrogens with one attached hydrogen (secondary N) is 1. The fraction of sp³-hybridized carbons (Fsp3) is 0.136. The van der Waals surface area contributed by atoms with Crippen molar-refractivity contribution in [1.29, 1.82) is 0 Å². The topological polar surface area (TPSA) is 38.1 Å². The van der Waals surface area contributed by atoms with Crippen LogP contribution >= 0.6 is 11.6 Å². The summed E-state index contributed by atoms with van der Waals surface area (Å²) in [5.74, 6) is 0.546. The fourth-order valence-corrected chi connectivity index (χ4v) is 3.36. The second-order valence-electron chi connectivity index (χ2n) is 6.29. The van der Waals surface area contributed by atoms with Crippen LogP contribution in [0.1, 0.15) is 24.2 Å². The van der Waals surface area contributed by atoms with Crippen LogP contribution in [0.25, 0.3) is 22.2 Å². The summed E-state index contributed by atoms with van der Waals surface area (Å²) in [5, 5.41) is 6.69. The Bertz CT molecular complexity index is 1040. The standard InChI is InChI=1S/C22H19ClN2O/c1-15(18-11-6-8-16-7-2-3-9-19(16)18)24-13-17-14-26-22(25-17)20-10-4-5-12-21(20)23/h2-12,14-15,24H,13H2,1H3. The van der Waals surface area contributed by atoms with Gasteiger partial charge in [-0.1, -0.05) is 66.2 Å². The lowest BCUT2D eigenvalue weighted by Gasteiger charge is -2.15. The van der Waals surface area contributed by atoms with Gasteiger partial charge in [0.05, 0.1) is 16.3 Å². The molecule has 0 fully saturated rings. The van der Waals surface area contributed by atoms with Gasteiger partial charge in [0.1, 0.15) is 6.26 Å². The van der Waals surface area contributed by atoms with Crippen molar-refractivity contribution in [3.63, 3.8) is 0 Å². The second-order valence-corrected chi connectivity index (χ2v) is 6.70. The van der Waals surface area contributed by atoms with Crippen LogP contribution in [0, 0.1) is 0 Å². The number of hydrogen-bond donors (Lipinski definition) is 1. The van der Waals surface area contributed by atoms with Crippen molar-refractivity contribution in [2.24, 2.45) is 0 Å². The lowest BCUT2D eigenvalue weighted by Crippen LogP contribution is -2.18. The number of halogens is 1. The molecule has 0 aliphatic rings. The predicted octanol–water partition coefficient (Wildman–Crippen LogP) is 6.00. The Balaban J connectivity index is 1.50. The monoisotopic (exact) mass is 362 g/mol. The van der Waals surface area contributed by atoms with Crippen molar-refractivity contribution in [2.75, 3.05) is 0 Å². The largest absolute Gasteiger partial charge is 0.444 e. The maximum atomic E-state index is 6.22. The van der Waals surface area contributed by atoms with Gasteiger partial charge in [0.15, 0.2) is 0 Å². The smallest absolute Gasteiger partial charge is 0.227 e. The number of aromatic nitrogens is 1. The molecule has 4 heteroatoms. The molecular weight excluding hydrogens is 344 g/mol. The van der Waals surface area contributed by atoms with E-state index in [1.165, 1.54) is 16.3 Å². The number of hydrogen-bond acceptors (Lipinski definition) is 3. The molecule has 26 heavy (non-hydrogen) atoms. The number of rotatable bonds is 5. The summed E-state index contributed by atoms with van der Waals surface area (Å²) in [6.07, 6.45) is 1.68. The zero-order valence-corrected chi connectivity index (χ0v) is 15.2. The van der Waals surface area contributed by atoms with E-state index in [1.807, 2.05) is 24.3 Å². The van der Waals surface area contributed by atoms with E-state index in [2.05, 4.69) is 59.7 Å². The van der Waals surface area contributed by atoms with E-state index >= 15 is 0 Å². The first-order chi connectivity index (χ1) is 12.7. The Morgan fingerprint density at radius 1 is 1.00 bits per heavy atom. The average Bonchev–Trinajstić information content (AvgIpc) is 3.15. The average molecular weight is 363 g/mol. The molecule has 0 amide bonds. The first-order valence-corrected chi connectivity index (χ1v) is 9.00. The third-order valence-electron chi connectivity index (χ3n) is 4.54. The fourth-order valence-electron chi connectivity index (χ4n) is 3.14. The first-order valence-electron chi connectivity index (χ1n) is 8.63. The molecule has 0 saturated carbocycles. The summed E-state index contributed by atoms with van der Waals surface area (Å²) in [6.45, 7) is 2.79. The molecular formula is C22H19ClN2O. The molecule has 0 spiro atoms. The molecule has 0 radical (unpaired) electrons. The Labute approximate surface area is 157 Å². The highest BCUT2D eigenvalue weighted by Gasteiger charge is 2.12. The molecule has 0 saturated heterocycles. The van der Waals surface area contributed by atoms with Crippen LogP contribution in [-0.2, 0) is 6.54 Å². The van der Waals surface area contributed by atoms with Gasteiger partial charge in [0, 0.05) is 12.6 Å². The maximum absolute atomic E-state index is 6.22. The minimum absolute atomic E-state index is 0.196. The zero-order valence-electron chi connectivity index (χ0n) is 14.4. The highest BCUT2D eigenvalue weighted by atomic mass is 35.5. The lowest BCUT2D eigenvalue weighted by atomic mass is 10.00. The van der Waals surface area contributed by atoms with Crippen molar-refractivity contribution in [3.05, 3.63) is 89.3 Å². The lowest BCUT2D eigenvalue weighted by molar-refractivity contribution is 0.555. The van der Waals surface area contributed by atoms with Crippen LogP contribution in [0.5, 0.6) is 0 Å². The van der Waals surface area contributed by atoms with Gasteiger partial charge in [0.2, 0.25) is 5.89 Å². The zero-order chi connectivity index (χ0) is 17.9. The maximum Gasteiger partial charge on any atom is 0.227 e. The molecule has 0 bridgehead atoms. The van der Waals surface area contributed by atoms with Crippen LogP contribution in [-0.4, -0.2) is 4.98 Å². The molecule has 0 aliphatic carbocycles. The number of oxazole rings is 1. The third kappa shape index (κ3) is 3.36. The van der Waals surface area contributed by atoms with Crippen molar-refractivity contribution >= 4 is 22.4 Å². The highest BCUT2D eigenvalue weighted by Crippen LogP contribution is 2.27. The van der Waals surface area contributed by atoms with Gasteiger partial charge in [-0.15, -0.1) is 0 Å². The van der Waals surface area contributed by atoms with Gasteiger partial charge in [-0.05, 0) is 35.4 Å². The van der Waals surface area contributed by atoms with Gasteiger partial charge < -0.3 is 9.73 Å². The summed E-state index contributed by atoms with van der Waals surface area (Å²) in [5.41, 5.74) is 2.94. The van der Waals surface area contributed by atoms with Crippen molar-refractivity contribution in [2.45, 2.75) is 19.5 Å². The van der Waals surface area contributed by atoms with E-state index in [0.29, 0.717) is 17.5 Å². The van der Waals surface area contributed by atoms with E-state index in [-0.39, 0.29) is 6.04 Å². The molecule has 1 N–H and O–H groups in total. The molecule has 0 aliphatic heterocycles. The molecule has 1 unspecified atom stereocenters. The number of nitrogens with zero attached hydrogens (tertiary/aromatic N) is 1. The van der Waals surface area contributed by atoms with Gasteiger partial charge in [0.25, 0.3) is 0 Å². The normalized spacial score (nSPS) is 12.4. The second kappa shape index (κ2) is 7.32. The van der Waals surface area contributed by atoms with Gasteiger partial charge in [-0.3, -0.25) is 0 Å². The number of fused-ring (bicyclic) bond motifs is 1. The molecule has 3 nitrogen and oxygen atoms in total. The van der Waals surface area contributed by atoms with E-state index in [1.54, 1.807) is 6.26 Å². The van der Waals surface area contributed by atoms with Crippen molar-refractivity contribution in [1.82, 2.24) is 10.3 Å². The van der Waals surface area contributed by atoms with Gasteiger partial charge >= 0.3 is 0 Å². The summed E-state index contributed by atoms with van der Waals surface area (Å²) in [7, 11) is 0. The van der Waals surface area contributed by atoms with Crippen LogP contribution in [0.4, 0.5) is 0 Å². The summed E-state index contributed by atoms with van der Waals surface area (Å²) in [6, 6.07) is 22.6. The quantitative estimate of drug-likeness (QED) is 0.473. The van der Waals surface area contributed by atoms with E-state index in [0.717, 1.165) is 11.3 Å². The van der Waals surface area contributed by atoms with Crippen molar-refractivity contribution in [3.8, 4) is 11.5 Å². The molecule has 4 rings (SSSR count). The van der Waals surface area contributed by atoms with Crippen LogP contribution in [0.2, 0.25) is 5.02 Å². The Morgan fingerprint density at radius 2 is 1.77 bits per heavy atom. The first kappa shape index (κ1) is 16.8. The summed E-state index contributed by atoms with van der Waals surface area (Å²) in [4.78, 5) is 4.56. The molecule has 3 aromatic carbocycles. The molecule has 1 atom stereocenters. The van der Waals surface area contributed by atoms with Gasteiger partial charge in [-0.25, -0.2) is 4.98 Å². The minimum atomic E-state index is 0.196. The minimum Gasteiger partial charge on any atom is -0.444 e. The molecule has 1 heterocycles.